The van der Waals surface area contributed by atoms with Crippen molar-refractivity contribution in [2.45, 2.75) is 39.0 Å². The summed E-state index contributed by atoms with van der Waals surface area (Å²) < 4.78 is 5.61. The molecule has 2 nitrogen and oxygen atoms in total. The van der Waals surface area contributed by atoms with Crippen LogP contribution in [0.4, 0.5) is 0 Å². The van der Waals surface area contributed by atoms with Crippen LogP contribution in [-0.2, 0) is 9.53 Å². The predicted octanol–water partition coefficient (Wildman–Crippen LogP) is 3.24. The second kappa shape index (κ2) is 4.01. The highest BCUT2D eigenvalue weighted by atomic mass is 16.5. The van der Waals surface area contributed by atoms with Crippen LogP contribution in [0.3, 0.4) is 0 Å². The quantitative estimate of drug-likeness (QED) is 0.649. The van der Waals surface area contributed by atoms with E-state index in [1.807, 2.05) is 0 Å². The molecule has 0 aromatic rings. The normalized spacial score (nSPS) is 36.3. The first kappa shape index (κ1) is 11.1. The van der Waals surface area contributed by atoms with Gasteiger partial charge < -0.3 is 4.74 Å². The van der Waals surface area contributed by atoms with E-state index in [2.05, 4.69) is 13.5 Å². The Kier molecular flexibility index (Phi) is 2.61. The van der Waals surface area contributed by atoms with E-state index < -0.39 is 0 Å². The first-order valence-corrected chi connectivity index (χ1v) is 6.74. The minimum absolute atomic E-state index is 0.202. The summed E-state index contributed by atoms with van der Waals surface area (Å²) >= 11 is 0. The molecule has 92 valence electrons. The molecular formula is C15H20O2. The second-order valence-corrected chi connectivity index (χ2v) is 5.74. The Morgan fingerprint density at radius 1 is 1.35 bits per heavy atom. The van der Waals surface area contributed by atoms with Crippen LogP contribution in [-0.4, -0.2) is 12.4 Å². The molecule has 1 aliphatic heterocycles. The number of hydrogen-bond donors (Lipinski definition) is 0. The predicted molar refractivity (Wildman–Crippen MR) is 66.4 cm³/mol. The van der Waals surface area contributed by atoms with Gasteiger partial charge in [0.15, 0.2) is 5.76 Å². The lowest BCUT2D eigenvalue weighted by atomic mass is 9.71. The van der Waals surface area contributed by atoms with E-state index in [1.54, 1.807) is 0 Å². The van der Waals surface area contributed by atoms with E-state index >= 15 is 0 Å². The molecule has 3 rings (SSSR count). The highest BCUT2D eigenvalue weighted by Gasteiger charge is 2.46. The van der Waals surface area contributed by atoms with Gasteiger partial charge in [0.05, 0.1) is 6.61 Å². The van der Waals surface area contributed by atoms with Gasteiger partial charge in [-0.1, -0.05) is 12.2 Å². The second-order valence-electron chi connectivity index (χ2n) is 5.74. The van der Waals surface area contributed by atoms with E-state index in [-0.39, 0.29) is 11.7 Å². The Balaban J connectivity index is 1.85. The van der Waals surface area contributed by atoms with E-state index in [0.29, 0.717) is 11.8 Å². The van der Waals surface area contributed by atoms with Crippen molar-refractivity contribution in [3.63, 3.8) is 0 Å². The summed E-state index contributed by atoms with van der Waals surface area (Å²) in [5.74, 6) is 2.27. The lowest BCUT2D eigenvalue weighted by Crippen LogP contribution is -2.27. The van der Waals surface area contributed by atoms with Crippen molar-refractivity contribution in [3.8, 4) is 0 Å². The van der Waals surface area contributed by atoms with Crippen molar-refractivity contribution in [2.24, 2.45) is 17.8 Å². The number of carbonyl (C=O) groups excluding carboxylic acids is 1. The largest absolute Gasteiger partial charge is 0.490 e. The molecule has 0 radical (unpaired) electrons. The SMILES string of the molecule is C=C(C)[C@@H]1CC[C@H]2C3=C(OCCC3)C(=O)[C@H]2C1. The molecular weight excluding hydrogens is 212 g/mol. The minimum atomic E-state index is 0.202. The minimum Gasteiger partial charge on any atom is -0.490 e. The Hall–Kier alpha value is -1.05. The highest BCUT2D eigenvalue weighted by molar-refractivity contribution is 5.99. The molecule has 1 fully saturated rings. The fourth-order valence-electron chi connectivity index (χ4n) is 3.72. The van der Waals surface area contributed by atoms with Gasteiger partial charge in [-0.3, -0.25) is 4.79 Å². The summed E-state index contributed by atoms with van der Waals surface area (Å²) in [6.45, 7) is 6.87. The van der Waals surface area contributed by atoms with Gasteiger partial charge in [-0.05, 0) is 56.4 Å². The third kappa shape index (κ3) is 1.65. The fourth-order valence-corrected chi connectivity index (χ4v) is 3.72. The van der Waals surface area contributed by atoms with Crippen LogP contribution in [0.5, 0.6) is 0 Å². The Morgan fingerprint density at radius 3 is 2.94 bits per heavy atom. The molecule has 1 saturated carbocycles. The van der Waals surface area contributed by atoms with Crippen molar-refractivity contribution in [1.29, 1.82) is 0 Å². The van der Waals surface area contributed by atoms with Crippen LogP contribution < -0.4 is 0 Å². The van der Waals surface area contributed by atoms with Crippen LogP contribution in [0.2, 0.25) is 0 Å². The third-order valence-corrected chi connectivity index (χ3v) is 4.68. The summed E-state index contributed by atoms with van der Waals surface area (Å²) in [6, 6.07) is 0. The van der Waals surface area contributed by atoms with E-state index in [4.69, 9.17) is 4.74 Å². The molecule has 0 aromatic heterocycles. The number of rotatable bonds is 1. The Bertz CT molecular complexity index is 405. The van der Waals surface area contributed by atoms with E-state index in [0.717, 1.165) is 38.0 Å². The van der Waals surface area contributed by atoms with Gasteiger partial charge >= 0.3 is 0 Å². The van der Waals surface area contributed by atoms with Crippen LogP contribution in [0.1, 0.15) is 39.0 Å². The lowest BCUT2D eigenvalue weighted by molar-refractivity contribution is -0.123. The topological polar surface area (TPSA) is 26.3 Å². The van der Waals surface area contributed by atoms with Gasteiger partial charge in [0, 0.05) is 5.92 Å². The molecule has 0 bridgehead atoms. The first-order chi connectivity index (χ1) is 8.18. The fraction of sp³-hybridized carbons (Fsp3) is 0.667. The monoisotopic (exact) mass is 232 g/mol. The smallest absolute Gasteiger partial charge is 0.201 e. The Labute approximate surface area is 103 Å². The molecule has 0 spiro atoms. The zero-order valence-corrected chi connectivity index (χ0v) is 10.5. The van der Waals surface area contributed by atoms with Gasteiger partial charge in [0.25, 0.3) is 0 Å². The van der Waals surface area contributed by atoms with Crippen LogP contribution in [0.25, 0.3) is 0 Å². The van der Waals surface area contributed by atoms with Gasteiger partial charge in [-0.15, -0.1) is 0 Å². The van der Waals surface area contributed by atoms with Gasteiger partial charge in [0.1, 0.15) is 0 Å². The van der Waals surface area contributed by atoms with Crippen molar-refractivity contribution >= 4 is 5.78 Å². The summed E-state index contributed by atoms with van der Waals surface area (Å²) in [5, 5.41) is 0. The summed E-state index contributed by atoms with van der Waals surface area (Å²) in [5.41, 5.74) is 2.58. The number of fused-ring (bicyclic) bond motifs is 2. The number of ether oxygens (including phenoxy) is 1. The molecule has 3 aliphatic rings. The van der Waals surface area contributed by atoms with E-state index in [1.165, 1.54) is 17.6 Å². The van der Waals surface area contributed by atoms with E-state index in [9.17, 15) is 4.79 Å². The van der Waals surface area contributed by atoms with Crippen LogP contribution in [0.15, 0.2) is 23.5 Å². The van der Waals surface area contributed by atoms with Crippen molar-refractivity contribution in [2.75, 3.05) is 6.61 Å². The average Bonchev–Trinajstić information content (AvgIpc) is 2.64. The average molecular weight is 232 g/mol. The summed E-state index contributed by atoms with van der Waals surface area (Å²) in [4.78, 5) is 12.3. The first-order valence-electron chi connectivity index (χ1n) is 6.74. The summed E-state index contributed by atoms with van der Waals surface area (Å²) in [6.07, 6.45) is 5.51. The van der Waals surface area contributed by atoms with Gasteiger partial charge in [-0.25, -0.2) is 0 Å². The molecule has 17 heavy (non-hydrogen) atoms. The molecule has 0 unspecified atom stereocenters. The number of hydrogen-bond acceptors (Lipinski definition) is 2. The maximum absolute atomic E-state index is 12.3. The van der Waals surface area contributed by atoms with Crippen molar-refractivity contribution in [3.05, 3.63) is 23.5 Å². The molecule has 3 atom stereocenters. The van der Waals surface area contributed by atoms with Crippen LogP contribution >= 0.6 is 0 Å². The zero-order chi connectivity index (χ0) is 12.0. The standard InChI is InChI=1S/C15H20O2/c1-9(2)10-5-6-11-12-4-3-7-17-15(12)14(16)13(11)8-10/h10-11,13H,1,3-8H2,2H3/t10-,11+,13+/m1/s1. The van der Waals surface area contributed by atoms with Crippen molar-refractivity contribution < 1.29 is 9.53 Å². The third-order valence-electron chi connectivity index (χ3n) is 4.68. The molecule has 0 aromatic carbocycles. The number of Topliss-reactive ketones (excluding diaryl/α,β-unsaturated/α-hetero) is 1. The highest BCUT2D eigenvalue weighted by Crippen LogP contribution is 2.49. The lowest BCUT2D eigenvalue weighted by Gasteiger charge is -2.32. The number of ketones is 1. The van der Waals surface area contributed by atoms with Crippen LogP contribution in [0, 0.1) is 17.8 Å². The summed E-state index contributed by atoms with van der Waals surface area (Å²) in [7, 11) is 0. The Morgan fingerprint density at radius 2 is 2.18 bits per heavy atom. The zero-order valence-electron chi connectivity index (χ0n) is 10.5. The maximum Gasteiger partial charge on any atom is 0.201 e. The molecule has 2 heteroatoms. The molecule has 0 amide bonds. The van der Waals surface area contributed by atoms with Crippen molar-refractivity contribution in [1.82, 2.24) is 0 Å². The van der Waals surface area contributed by atoms with Gasteiger partial charge in [0.2, 0.25) is 5.78 Å². The number of carbonyl (C=O) groups is 1. The maximum atomic E-state index is 12.3. The molecule has 0 N–H and O–H groups in total. The molecule has 2 aliphatic carbocycles. The molecule has 0 saturated heterocycles. The van der Waals surface area contributed by atoms with Gasteiger partial charge in [-0.2, -0.15) is 0 Å². The number of allylic oxidation sites excluding steroid dienone is 3. The molecule has 1 heterocycles.